The van der Waals surface area contributed by atoms with E-state index in [-0.39, 0.29) is 18.9 Å². The molecule has 2 saturated carbocycles. The number of imide groups is 1. The number of ether oxygens (including phenoxy) is 3. The molecule has 15 heteroatoms. The van der Waals surface area contributed by atoms with Crippen molar-refractivity contribution in [2.24, 2.45) is 11.8 Å². The lowest BCUT2D eigenvalue weighted by atomic mass is 10.0. The van der Waals surface area contributed by atoms with Crippen molar-refractivity contribution in [1.29, 1.82) is 0 Å². The number of methoxy groups -OCH3 is 2. The number of carbonyl (C=O) groups is 3. The Labute approximate surface area is 297 Å². The Balaban J connectivity index is 1.33. The Morgan fingerprint density at radius 1 is 1.06 bits per heavy atom. The second kappa shape index (κ2) is 14.0. The maximum absolute atomic E-state index is 14.8. The number of pyridine rings is 2. The highest BCUT2D eigenvalue weighted by Crippen LogP contribution is 2.51. The Morgan fingerprint density at radius 3 is 2.41 bits per heavy atom. The van der Waals surface area contributed by atoms with E-state index in [4.69, 9.17) is 14.2 Å². The standard InChI is InChI=1S/C36H44N6O8S/c1-7-24-19-36(24,34(44)40-51(46,47)28-9-10-28)42(33(43)31(21(2)3)39-30-18-26(49-6)13-15-37-30)35(45)41-20-27(16-22(41)4)50-32-29-11-8-25(48-5)17-23(29)12-14-38-32/h7-8,11-15,17-18,21-22,24,27-28,31H,1,9-10,16,19-20H2,2-6H3,(H,37,39)(H,40,44)/t22?,24-,27-,31?,36-/m1/s1. The van der Waals surface area contributed by atoms with Gasteiger partial charge in [-0.25, -0.2) is 28.1 Å². The van der Waals surface area contributed by atoms with Crippen molar-refractivity contribution in [3.05, 3.63) is 61.4 Å². The first-order chi connectivity index (χ1) is 24.3. The monoisotopic (exact) mass is 720 g/mol. The molecule has 3 fully saturated rings. The van der Waals surface area contributed by atoms with Gasteiger partial charge in [0.15, 0.2) is 0 Å². The van der Waals surface area contributed by atoms with E-state index in [9.17, 15) is 22.8 Å². The Morgan fingerprint density at radius 2 is 1.76 bits per heavy atom. The van der Waals surface area contributed by atoms with Crippen LogP contribution in [0.4, 0.5) is 10.6 Å². The van der Waals surface area contributed by atoms with Gasteiger partial charge >= 0.3 is 6.03 Å². The van der Waals surface area contributed by atoms with E-state index in [0.717, 1.165) is 15.7 Å². The fraction of sp³-hybridized carbons (Fsp3) is 0.472. The highest BCUT2D eigenvalue weighted by molar-refractivity contribution is 7.91. The molecule has 1 aromatic carbocycles. The molecule has 2 aromatic heterocycles. The number of benzene rings is 1. The van der Waals surface area contributed by atoms with Gasteiger partial charge in [-0.2, -0.15) is 0 Å². The summed E-state index contributed by atoms with van der Waals surface area (Å²) in [6, 6.07) is 8.49. The summed E-state index contributed by atoms with van der Waals surface area (Å²) in [5.41, 5.74) is -1.82. The number of nitrogens with zero attached hydrogens (tertiary/aromatic N) is 4. The van der Waals surface area contributed by atoms with Crippen molar-refractivity contribution in [3.8, 4) is 17.4 Å². The maximum atomic E-state index is 14.8. The van der Waals surface area contributed by atoms with Gasteiger partial charge in [-0.05, 0) is 67.8 Å². The third kappa shape index (κ3) is 7.03. The topological polar surface area (TPSA) is 169 Å². The summed E-state index contributed by atoms with van der Waals surface area (Å²) in [5, 5.41) is 4.08. The van der Waals surface area contributed by atoms with Crippen molar-refractivity contribution >= 4 is 44.5 Å². The number of fused-ring (bicyclic) bond motifs is 1. The van der Waals surface area contributed by atoms with Crippen LogP contribution in [0.15, 0.2) is 61.4 Å². The zero-order valence-electron chi connectivity index (χ0n) is 29.4. The summed E-state index contributed by atoms with van der Waals surface area (Å²) >= 11 is 0. The van der Waals surface area contributed by atoms with E-state index in [1.807, 2.05) is 31.2 Å². The molecule has 2 aliphatic carbocycles. The highest BCUT2D eigenvalue weighted by Gasteiger charge is 2.68. The van der Waals surface area contributed by atoms with Gasteiger partial charge in [0.05, 0.1) is 26.0 Å². The second-order valence-electron chi connectivity index (χ2n) is 13.7. The molecule has 2 unspecified atom stereocenters. The summed E-state index contributed by atoms with van der Waals surface area (Å²) in [4.78, 5) is 55.0. The summed E-state index contributed by atoms with van der Waals surface area (Å²) < 4.78 is 45.3. The van der Waals surface area contributed by atoms with Crippen molar-refractivity contribution < 1.29 is 37.0 Å². The van der Waals surface area contributed by atoms with Crippen LogP contribution in [-0.2, 0) is 19.6 Å². The predicted octanol–water partition coefficient (Wildman–Crippen LogP) is 4.13. The fourth-order valence-corrected chi connectivity index (χ4v) is 8.07. The van der Waals surface area contributed by atoms with Gasteiger partial charge in [0.2, 0.25) is 15.9 Å². The van der Waals surface area contributed by atoms with Crippen LogP contribution in [0.2, 0.25) is 0 Å². The van der Waals surface area contributed by atoms with Gasteiger partial charge in [-0.1, -0.05) is 19.9 Å². The number of likely N-dealkylation sites (tertiary alicyclic amines) is 1. The molecule has 14 nitrogen and oxygen atoms in total. The summed E-state index contributed by atoms with van der Waals surface area (Å²) in [6.45, 7) is 9.38. The molecule has 51 heavy (non-hydrogen) atoms. The average molecular weight is 721 g/mol. The van der Waals surface area contributed by atoms with Gasteiger partial charge in [-0.15, -0.1) is 6.58 Å². The maximum Gasteiger partial charge on any atom is 0.328 e. The number of rotatable bonds is 13. The van der Waals surface area contributed by atoms with Gasteiger partial charge in [0.1, 0.15) is 35.0 Å². The van der Waals surface area contributed by atoms with Crippen molar-refractivity contribution in [2.75, 3.05) is 26.1 Å². The van der Waals surface area contributed by atoms with Crippen LogP contribution in [0.5, 0.6) is 17.4 Å². The number of aromatic nitrogens is 2. The second-order valence-corrected chi connectivity index (χ2v) is 15.7. The summed E-state index contributed by atoms with van der Waals surface area (Å²) in [5.74, 6) is -0.802. The van der Waals surface area contributed by atoms with E-state index >= 15 is 0 Å². The highest BCUT2D eigenvalue weighted by atomic mass is 32.2. The number of sulfonamides is 1. The normalized spacial score (nSPS) is 23.3. The Kier molecular flexibility index (Phi) is 9.86. The average Bonchev–Trinajstić information content (AvgIpc) is 4.04. The molecule has 4 amide bonds. The molecule has 2 N–H and O–H groups in total. The van der Waals surface area contributed by atoms with Gasteiger partial charge < -0.3 is 24.4 Å². The first kappa shape index (κ1) is 35.9. The summed E-state index contributed by atoms with van der Waals surface area (Å²) in [7, 11) is -0.908. The quantitative estimate of drug-likeness (QED) is 0.244. The number of nitrogens with one attached hydrogen (secondary N) is 2. The van der Waals surface area contributed by atoms with Gasteiger partial charge in [-0.3, -0.25) is 14.3 Å². The minimum Gasteiger partial charge on any atom is -0.497 e. The number of carbonyl (C=O) groups excluding carboxylic acids is 3. The van der Waals surface area contributed by atoms with Crippen molar-refractivity contribution in [1.82, 2.24) is 24.5 Å². The molecular formula is C36H44N6O8S. The molecular weight excluding hydrogens is 676 g/mol. The molecule has 1 aliphatic heterocycles. The van der Waals surface area contributed by atoms with Crippen LogP contribution in [-0.4, -0.2) is 95.8 Å². The van der Waals surface area contributed by atoms with Crippen molar-refractivity contribution in [2.45, 2.75) is 75.4 Å². The van der Waals surface area contributed by atoms with E-state index in [1.165, 1.54) is 24.3 Å². The minimum atomic E-state index is -4.01. The Hall–Kier alpha value is -4.92. The lowest BCUT2D eigenvalue weighted by Crippen LogP contribution is -2.63. The van der Waals surface area contributed by atoms with E-state index in [0.29, 0.717) is 42.5 Å². The number of amides is 4. The first-order valence-corrected chi connectivity index (χ1v) is 18.6. The number of anilines is 1. The van der Waals surface area contributed by atoms with Gasteiger partial charge in [0.25, 0.3) is 11.8 Å². The number of hydrogen-bond acceptors (Lipinski definition) is 11. The van der Waals surface area contributed by atoms with Crippen molar-refractivity contribution in [3.63, 3.8) is 0 Å². The smallest absolute Gasteiger partial charge is 0.328 e. The fourth-order valence-electron chi connectivity index (χ4n) is 6.71. The van der Waals surface area contributed by atoms with E-state index < -0.39 is 62.8 Å². The SMILES string of the molecule is C=C[C@@H]1C[C@@]1(C(=O)NS(=O)(=O)C1CC1)N(C(=O)C(Nc1cc(OC)ccn1)C(C)C)C(=O)N1C[C@H](Oc2nccc3cc(OC)ccc23)CC1C. The van der Waals surface area contributed by atoms with Crippen LogP contribution in [0.25, 0.3) is 10.8 Å². The molecule has 0 spiro atoms. The molecule has 0 bridgehead atoms. The van der Waals surface area contributed by atoms with Crippen LogP contribution in [0.1, 0.15) is 46.5 Å². The molecule has 3 heterocycles. The third-order valence-electron chi connectivity index (χ3n) is 9.87. The lowest BCUT2D eigenvalue weighted by Gasteiger charge is -2.37. The van der Waals surface area contributed by atoms with Crippen LogP contribution in [0, 0.1) is 11.8 Å². The van der Waals surface area contributed by atoms with E-state index in [2.05, 4.69) is 26.6 Å². The molecule has 5 atom stereocenters. The molecule has 3 aliphatic rings. The molecule has 0 radical (unpaired) electrons. The lowest BCUT2D eigenvalue weighted by molar-refractivity contribution is -0.140. The predicted molar refractivity (Wildman–Crippen MR) is 190 cm³/mol. The largest absolute Gasteiger partial charge is 0.497 e. The minimum absolute atomic E-state index is 0.0216. The molecule has 3 aromatic rings. The summed E-state index contributed by atoms with van der Waals surface area (Å²) in [6.07, 6.45) is 5.45. The van der Waals surface area contributed by atoms with Crippen LogP contribution >= 0.6 is 0 Å². The molecule has 6 rings (SSSR count). The zero-order valence-corrected chi connectivity index (χ0v) is 30.2. The van der Waals surface area contributed by atoms with E-state index in [1.54, 1.807) is 39.3 Å². The van der Waals surface area contributed by atoms with Gasteiger partial charge in [0, 0.05) is 42.2 Å². The zero-order chi connectivity index (χ0) is 36.7. The number of urea groups is 1. The van der Waals surface area contributed by atoms with Crippen LogP contribution < -0.4 is 24.2 Å². The first-order valence-electron chi connectivity index (χ1n) is 17.0. The number of hydrogen-bond donors (Lipinski definition) is 2. The molecule has 272 valence electrons. The Bertz CT molecular complexity index is 1950. The van der Waals surface area contributed by atoms with Crippen LogP contribution in [0.3, 0.4) is 0 Å². The third-order valence-corrected chi connectivity index (χ3v) is 11.7. The molecule has 1 saturated heterocycles.